The quantitative estimate of drug-likeness (QED) is 0.421. The Hall–Kier alpha value is -2.85. The number of aliphatic hydroxyl groups is 1. The van der Waals surface area contributed by atoms with Crippen molar-refractivity contribution in [1.29, 1.82) is 0 Å². The summed E-state index contributed by atoms with van der Waals surface area (Å²) in [5.74, 6) is 0.282. The zero-order valence-corrected chi connectivity index (χ0v) is 17.3. The third kappa shape index (κ3) is 6.07. The zero-order valence-electron chi connectivity index (χ0n) is 15.7. The average molecular weight is 483 g/mol. The Morgan fingerprint density at radius 2 is 1.87 bits per heavy atom. The molecule has 6 nitrogen and oxygen atoms in total. The molecule has 0 amide bonds. The largest absolute Gasteiger partial charge is 0.573 e. The highest BCUT2D eigenvalue weighted by molar-refractivity contribution is 9.10. The number of nitrogens with one attached hydrogen (secondary N) is 2. The third-order valence-electron chi connectivity index (χ3n) is 3.88. The first-order chi connectivity index (χ1) is 14.2. The second kappa shape index (κ2) is 9.31. The number of hydrogen-bond acceptors (Lipinski definition) is 6. The van der Waals surface area contributed by atoms with Crippen LogP contribution in [-0.4, -0.2) is 34.1 Å². The van der Waals surface area contributed by atoms with E-state index >= 15 is 0 Å². The molecule has 3 aromatic rings. The van der Waals surface area contributed by atoms with Crippen LogP contribution in [0.5, 0.6) is 5.75 Å². The van der Waals surface area contributed by atoms with Gasteiger partial charge in [0, 0.05) is 22.1 Å². The maximum atomic E-state index is 12.6. The monoisotopic (exact) mass is 482 g/mol. The predicted molar refractivity (Wildman–Crippen MR) is 112 cm³/mol. The van der Waals surface area contributed by atoms with Crippen LogP contribution in [0.2, 0.25) is 0 Å². The Labute approximate surface area is 179 Å². The number of aromatic nitrogens is 2. The standard InChI is InChI=1S/C20H18BrF3N4O2/c1-12(11-29)25-19-27-17(13-5-4-6-14(9-13)30-20(22,23)24)10-18(28-19)26-16-8-3-2-7-15(16)21/h2-10,12,29H,11H2,1H3,(H2,25,26,27,28)/t12-/m1/s1. The number of nitrogens with zero attached hydrogens (tertiary/aromatic N) is 2. The van der Waals surface area contributed by atoms with Crippen molar-refractivity contribution in [1.82, 2.24) is 9.97 Å². The van der Waals surface area contributed by atoms with Crippen LogP contribution in [0, 0.1) is 0 Å². The highest BCUT2D eigenvalue weighted by Crippen LogP contribution is 2.30. The van der Waals surface area contributed by atoms with E-state index in [0.29, 0.717) is 17.1 Å². The van der Waals surface area contributed by atoms with Crippen LogP contribution >= 0.6 is 15.9 Å². The van der Waals surface area contributed by atoms with Crippen molar-refractivity contribution in [2.75, 3.05) is 17.2 Å². The number of alkyl halides is 3. The molecule has 0 bridgehead atoms. The second-order valence-electron chi connectivity index (χ2n) is 6.37. The Kier molecular flexibility index (Phi) is 6.78. The van der Waals surface area contributed by atoms with Crippen molar-refractivity contribution in [3.8, 4) is 17.0 Å². The van der Waals surface area contributed by atoms with Crippen LogP contribution in [0.4, 0.5) is 30.6 Å². The molecule has 0 spiro atoms. The molecule has 0 aliphatic heterocycles. The maximum absolute atomic E-state index is 12.6. The van der Waals surface area contributed by atoms with Crippen LogP contribution < -0.4 is 15.4 Å². The molecule has 1 aromatic heterocycles. The molecule has 2 aromatic carbocycles. The molecule has 158 valence electrons. The minimum Gasteiger partial charge on any atom is -0.406 e. The van der Waals surface area contributed by atoms with Gasteiger partial charge in [0.25, 0.3) is 0 Å². The Balaban J connectivity index is 2.00. The van der Waals surface area contributed by atoms with Crippen LogP contribution in [0.1, 0.15) is 6.92 Å². The summed E-state index contributed by atoms with van der Waals surface area (Å²) in [5, 5.41) is 15.4. The second-order valence-corrected chi connectivity index (χ2v) is 7.22. The normalized spacial score (nSPS) is 12.3. The zero-order chi connectivity index (χ0) is 21.7. The van der Waals surface area contributed by atoms with Gasteiger partial charge in [0.05, 0.1) is 18.0 Å². The Morgan fingerprint density at radius 1 is 1.10 bits per heavy atom. The van der Waals surface area contributed by atoms with Crippen molar-refractivity contribution in [2.24, 2.45) is 0 Å². The third-order valence-corrected chi connectivity index (χ3v) is 4.57. The van der Waals surface area contributed by atoms with E-state index in [1.807, 2.05) is 24.3 Å². The van der Waals surface area contributed by atoms with Gasteiger partial charge in [-0.2, -0.15) is 4.98 Å². The lowest BCUT2D eigenvalue weighted by molar-refractivity contribution is -0.274. The van der Waals surface area contributed by atoms with Gasteiger partial charge in [0.2, 0.25) is 5.95 Å². The fourth-order valence-electron chi connectivity index (χ4n) is 2.54. The van der Waals surface area contributed by atoms with E-state index in [4.69, 9.17) is 0 Å². The van der Waals surface area contributed by atoms with E-state index in [9.17, 15) is 18.3 Å². The van der Waals surface area contributed by atoms with E-state index in [0.717, 1.165) is 10.2 Å². The predicted octanol–water partition coefficient (Wildman–Crippen LogP) is 5.34. The molecule has 30 heavy (non-hydrogen) atoms. The molecule has 0 unspecified atom stereocenters. The minimum atomic E-state index is -4.79. The smallest absolute Gasteiger partial charge is 0.406 e. The fraction of sp³-hybridized carbons (Fsp3) is 0.200. The van der Waals surface area contributed by atoms with Crippen molar-refractivity contribution >= 4 is 33.4 Å². The van der Waals surface area contributed by atoms with E-state index in [2.05, 4.69) is 41.3 Å². The molecule has 1 heterocycles. The molecule has 3 rings (SSSR count). The van der Waals surface area contributed by atoms with Crippen molar-refractivity contribution in [2.45, 2.75) is 19.3 Å². The van der Waals surface area contributed by atoms with Gasteiger partial charge in [-0.25, -0.2) is 4.98 Å². The number of rotatable bonds is 7. The van der Waals surface area contributed by atoms with Gasteiger partial charge in [0.1, 0.15) is 11.6 Å². The van der Waals surface area contributed by atoms with Gasteiger partial charge in [-0.3, -0.25) is 0 Å². The van der Waals surface area contributed by atoms with Crippen molar-refractivity contribution < 1.29 is 23.0 Å². The van der Waals surface area contributed by atoms with Crippen molar-refractivity contribution in [3.05, 3.63) is 59.1 Å². The SMILES string of the molecule is C[C@H](CO)Nc1nc(Nc2ccccc2Br)cc(-c2cccc(OC(F)(F)F)c2)n1. The molecular weight excluding hydrogens is 465 g/mol. The summed E-state index contributed by atoms with van der Waals surface area (Å²) in [6.45, 7) is 1.60. The first-order valence-corrected chi connectivity index (χ1v) is 9.67. The molecule has 0 aliphatic carbocycles. The van der Waals surface area contributed by atoms with Gasteiger partial charge < -0.3 is 20.5 Å². The van der Waals surface area contributed by atoms with Crippen LogP contribution in [-0.2, 0) is 0 Å². The fourth-order valence-corrected chi connectivity index (χ4v) is 2.93. The molecule has 3 N–H and O–H groups in total. The van der Waals surface area contributed by atoms with Crippen LogP contribution in [0.25, 0.3) is 11.3 Å². The minimum absolute atomic E-state index is 0.143. The van der Waals surface area contributed by atoms with Gasteiger partial charge in [0.15, 0.2) is 0 Å². The van der Waals surface area contributed by atoms with Crippen LogP contribution in [0.3, 0.4) is 0 Å². The summed E-state index contributed by atoms with van der Waals surface area (Å²) in [5.41, 5.74) is 1.53. The highest BCUT2D eigenvalue weighted by Gasteiger charge is 2.31. The number of halogens is 4. The van der Waals surface area contributed by atoms with Gasteiger partial charge in [-0.15, -0.1) is 13.2 Å². The van der Waals surface area contributed by atoms with Crippen molar-refractivity contribution in [3.63, 3.8) is 0 Å². The topological polar surface area (TPSA) is 79.3 Å². The Bertz CT molecular complexity index is 1020. The summed E-state index contributed by atoms with van der Waals surface area (Å²) in [4.78, 5) is 8.76. The first kappa shape index (κ1) is 21.8. The summed E-state index contributed by atoms with van der Waals surface area (Å²) in [6, 6.07) is 14.2. The molecular formula is C20H18BrF3N4O2. The molecule has 0 fully saturated rings. The summed E-state index contributed by atoms with van der Waals surface area (Å²) in [7, 11) is 0. The summed E-state index contributed by atoms with van der Waals surface area (Å²) in [6.07, 6.45) is -4.79. The van der Waals surface area contributed by atoms with Gasteiger partial charge in [-0.05, 0) is 47.1 Å². The van der Waals surface area contributed by atoms with E-state index in [1.165, 1.54) is 18.2 Å². The molecule has 0 saturated heterocycles. The first-order valence-electron chi connectivity index (χ1n) is 8.88. The van der Waals surface area contributed by atoms with E-state index < -0.39 is 6.36 Å². The number of anilines is 3. The molecule has 0 aliphatic rings. The number of benzene rings is 2. The van der Waals surface area contributed by atoms with Gasteiger partial charge >= 0.3 is 6.36 Å². The molecule has 0 radical (unpaired) electrons. The lowest BCUT2D eigenvalue weighted by Crippen LogP contribution is -2.21. The Morgan fingerprint density at radius 3 is 2.57 bits per heavy atom. The maximum Gasteiger partial charge on any atom is 0.573 e. The summed E-state index contributed by atoms with van der Waals surface area (Å²) < 4.78 is 42.5. The average Bonchev–Trinajstić information content (AvgIpc) is 2.68. The number of ether oxygens (including phenoxy) is 1. The number of hydrogen-bond donors (Lipinski definition) is 3. The molecule has 0 saturated carbocycles. The number of aliphatic hydroxyl groups excluding tert-OH is 1. The lowest BCUT2D eigenvalue weighted by Gasteiger charge is -2.15. The van der Waals surface area contributed by atoms with Gasteiger partial charge in [-0.1, -0.05) is 24.3 Å². The summed E-state index contributed by atoms with van der Waals surface area (Å²) >= 11 is 3.45. The number of para-hydroxylation sites is 1. The van der Waals surface area contributed by atoms with E-state index in [-0.39, 0.29) is 24.3 Å². The van der Waals surface area contributed by atoms with Crippen LogP contribution in [0.15, 0.2) is 59.1 Å². The highest BCUT2D eigenvalue weighted by atomic mass is 79.9. The molecule has 1 atom stereocenters. The molecule has 10 heteroatoms. The van der Waals surface area contributed by atoms with E-state index in [1.54, 1.807) is 19.1 Å². The lowest BCUT2D eigenvalue weighted by atomic mass is 10.1.